The molecule has 0 saturated carbocycles. The zero-order valence-electron chi connectivity index (χ0n) is 7.20. The van der Waals surface area contributed by atoms with Crippen LogP contribution >= 0.6 is 0 Å². The molecule has 0 N–H and O–H groups in total. The molecule has 62 valence electrons. The number of hydrogen-bond acceptors (Lipinski definition) is 2. The van der Waals surface area contributed by atoms with E-state index in [4.69, 9.17) is 0 Å². The van der Waals surface area contributed by atoms with E-state index in [1.165, 1.54) is 0 Å². The molecule has 12 heavy (non-hydrogen) atoms. The van der Waals surface area contributed by atoms with Crippen molar-refractivity contribution in [3.63, 3.8) is 0 Å². The van der Waals surface area contributed by atoms with Gasteiger partial charge in [0.05, 0.1) is 11.4 Å². The smallest absolute Gasteiger partial charge is 0.0881 e. The van der Waals surface area contributed by atoms with Gasteiger partial charge in [-0.3, -0.25) is 9.98 Å². The minimum Gasteiger partial charge on any atom is -0.283 e. The zero-order chi connectivity index (χ0) is 8.81. The molecule has 0 bridgehead atoms. The third kappa shape index (κ3) is 2.02. The van der Waals surface area contributed by atoms with Gasteiger partial charge < -0.3 is 0 Å². The predicted molar refractivity (Wildman–Crippen MR) is 51.5 cm³/mol. The summed E-state index contributed by atoms with van der Waals surface area (Å²) < 4.78 is 0. The van der Waals surface area contributed by atoms with E-state index >= 15 is 0 Å². The van der Waals surface area contributed by atoms with E-state index in [-0.39, 0.29) is 0 Å². The molecule has 0 aromatic carbocycles. The monoisotopic (exact) mass is 160 g/mol. The van der Waals surface area contributed by atoms with Crippen LogP contribution in [0.25, 0.3) is 0 Å². The normalized spacial score (nSPS) is 11.2. The maximum absolute atomic E-state index is 4.25. The highest BCUT2D eigenvalue weighted by Gasteiger charge is 1.96. The van der Waals surface area contributed by atoms with Crippen LogP contribution in [0, 0.1) is 0 Å². The van der Waals surface area contributed by atoms with Crippen molar-refractivity contribution in [3.8, 4) is 0 Å². The van der Waals surface area contributed by atoms with E-state index in [9.17, 15) is 0 Å². The van der Waals surface area contributed by atoms with Gasteiger partial charge >= 0.3 is 0 Å². The van der Waals surface area contributed by atoms with Gasteiger partial charge in [0.15, 0.2) is 0 Å². The van der Waals surface area contributed by atoms with Crippen LogP contribution in [0.5, 0.6) is 0 Å². The number of nitrogens with zero attached hydrogens (tertiary/aromatic N) is 2. The molecule has 0 unspecified atom stereocenters. The highest BCUT2D eigenvalue weighted by atomic mass is 14.8. The minimum atomic E-state index is 0.762. The van der Waals surface area contributed by atoms with E-state index in [0.717, 1.165) is 18.0 Å². The van der Waals surface area contributed by atoms with Gasteiger partial charge in [-0.05, 0) is 25.1 Å². The summed E-state index contributed by atoms with van der Waals surface area (Å²) in [6, 6.07) is 5.75. The first-order valence-electron chi connectivity index (χ1n) is 3.96. The van der Waals surface area contributed by atoms with Crippen LogP contribution in [0.15, 0.2) is 42.0 Å². The molecule has 2 heteroatoms. The maximum Gasteiger partial charge on any atom is 0.0881 e. The average molecular weight is 160 g/mol. The Morgan fingerprint density at radius 1 is 1.67 bits per heavy atom. The fourth-order valence-corrected chi connectivity index (χ4v) is 0.935. The zero-order valence-corrected chi connectivity index (χ0v) is 7.20. The van der Waals surface area contributed by atoms with Crippen molar-refractivity contribution >= 4 is 5.71 Å². The van der Waals surface area contributed by atoms with Gasteiger partial charge in [-0.2, -0.15) is 0 Å². The van der Waals surface area contributed by atoms with E-state index < -0.39 is 0 Å². The standard InChI is InChI=1S/C10H12N2/c1-3-9(11-4-2)10-7-5-6-8-12-10/h3,5-8H,1,4H2,2H3/b11-9+. The van der Waals surface area contributed by atoms with Crippen LogP contribution in [0.2, 0.25) is 0 Å². The molecule has 0 fully saturated rings. The lowest BCUT2D eigenvalue weighted by atomic mass is 10.2. The number of allylic oxidation sites excluding steroid dienone is 1. The lowest BCUT2D eigenvalue weighted by Crippen LogP contribution is -1.99. The Hall–Kier alpha value is -1.44. The van der Waals surface area contributed by atoms with Crippen LogP contribution in [0.1, 0.15) is 12.6 Å². The number of hydrogen-bond donors (Lipinski definition) is 0. The highest BCUT2D eigenvalue weighted by Crippen LogP contribution is 1.97. The molecule has 1 aromatic heterocycles. The number of aliphatic imine (C=N–C) groups is 1. The molecule has 0 aliphatic carbocycles. The summed E-state index contributed by atoms with van der Waals surface area (Å²) >= 11 is 0. The lowest BCUT2D eigenvalue weighted by Gasteiger charge is -1.97. The van der Waals surface area contributed by atoms with Crippen molar-refractivity contribution in [1.82, 2.24) is 4.98 Å². The Kier molecular flexibility index (Phi) is 3.20. The third-order valence-electron chi connectivity index (χ3n) is 1.45. The van der Waals surface area contributed by atoms with Crippen molar-refractivity contribution in [2.75, 3.05) is 6.54 Å². The molecule has 0 atom stereocenters. The molecule has 1 aromatic rings. The fourth-order valence-electron chi connectivity index (χ4n) is 0.935. The minimum absolute atomic E-state index is 0.762. The molecular formula is C10H12N2. The van der Waals surface area contributed by atoms with Gasteiger partial charge in [-0.15, -0.1) is 0 Å². The molecule has 0 saturated heterocycles. The van der Waals surface area contributed by atoms with Gasteiger partial charge in [-0.1, -0.05) is 12.6 Å². The van der Waals surface area contributed by atoms with Crippen molar-refractivity contribution in [3.05, 3.63) is 42.7 Å². The highest BCUT2D eigenvalue weighted by molar-refractivity contribution is 6.06. The van der Waals surface area contributed by atoms with Gasteiger partial charge in [0, 0.05) is 12.7 Å². The number of rotatable bonds is 3. The summed E-state index contributed by atoms with van der Waals surface area (Å²) in [6.07, 6.45) is 3.48. The summed E-state index contributed by atoms with van der Waals surface area (Å²) in [5.41, 5.74) is 1.74. The number of pyridine rings is 1. The van der Waals surface area contributed by atoms with E-state index in [1.807, 2.05) is 25.1 Å². The van der Waals surface area contributed by atoms with Gasteiger partial charge in [0.2, 0.25) is 0 Å². The summed E-state index contributed by atoms with van der Waals surface area (Å²) in [7, 11) is 0. The van der Waals surface area contributed by atoms with E-state index in [2.05, 4.69) is 16.6 Å². The first kappa shape index (κ1) is 8.65. The lowest BCUT2D eigenvalue weighted by molar-refractivity contribution is 1.12. The molecule has 0 radical (unpaired) electrons. The maximum atomic E-state index is 4.25. The molecular weight excluding hydrogens is 148 g/mol. The Morgan fingerprint density at radius 3 is 3.00 bits per heavy atom. The molecule has 2 nitrogen and oxygen atoms in total. The molecule has 1 rings (SSSR count). The summed E-state index contributed by atoms with van der Waals surface area (Å²) in [5, 5.41) is 0. The molecule has 1 heterocycles. The van der Waals surface area contributed by atoms with Crippen LogP contribution in [0.3, 0.4) is 0 Å². The second-order valence-corrected chi connectivity index (χ2v) is 2.28. The number of aromatic nitrogens is 1. The predicted octanol–water partition coefficient (Wildman–Crippen LogP) is 2.08. The van der Waals surface area contributed by atoms with Crippen LogP contribution in [0.4, 0.5) is 0 Å². The molecule has 0 spiro atoms. The summed E-state index contributed by atoms with van der Waals surface area (Å²) in [4.78, 5) is 8.42. The Morgan fingerprint density at radius 2 is 2.50 bits per heavy atom. The first-order valence-corrected chi connectivity index (χ1v) is 3.96. The second-order valence-electron chi connectivity index (χ2n) is 2.28. The molecule has 0 amide bonds. The third-order valence-corrected chi connectivity index (χ3v) is 1.45. The van der Waals surface area contributed by atoms with Crippen LogP contribution in [-0.4, -0.2) is 17.2 Å². The Bertz CT molecular complexity index is 275. The van der Waals surface area contributed by atoms with Crippen molar-refractivity contribution in [2.45, 2.75) is 6.92 Å². The van der Waals surface area contributed by atoms with Crippen LogP contribution in [-0.2, 0) is 0 Å². The average Bonchev–Trinajstić information content (AvgIpc) is 2.15. The van der Waals surface area contributed by atoms with Crippen molar-refractivity contribution in [1.29, 1.82) is 0 Å². The Labute approximate surface area is 72.7 Å². The largest absolute Gasteiger partial charge is 0.283 e. The van der Waals surface area contributed by atoms with Crippen molar-refractivity contribution < 1.29 is 0 Å². The Balaban J connectivity index is 2.96. The fraction of sp³-hybridized carbons (Fsp3) is 0.200. The first-order chi connectivity index (χ1) is 5.88. The molecule has 0 aliphatic rings. The van der Waals surface area contributed by atoms with Gasteiger partial charge in [-0.25, -0.2) is 0 Å². The summed E-state index contributed by atoms with van der Waals surface area (Å²) in [5.74, 6) is 0. The molecule has 0 aliphatic heterocycles. The summed E-state index contributed by atoms with van der Waals surface area (Å²) in [6.45, 7) is 6.44. The van der Waals surface area contributed by atoms with E-state index in [0.29, 0.717) is 0 Å². The van der Waals surface area contributed by atoms with E-state index in [1.54, 1.807) is 12.3 Å². The van der Waals surface area contributed by atoms with Crippen molar-refractivity contribution in [2.24, 2.45) is 4.99 Å². The topological polar surface area (TPSA) is 25.2 Å². The van der Waals surface area contributed by atoms with Gasteiger partial charge in [0.1, 0.15) is 0 Å². The van der Waals surface area contributed by atoms with Gasteiger partial charge in [0.25, 0.3) is 0 Å². The second kappa shape index (κ2) is 4.44. The quantitative estimate of drug-likeness (QED) is 0.621. The van der Waals surface area contributed by atoms with Crippen LogP contribution < -0.4 is 0 Å². The SMILES string of the molecule is C=C/C(=N\CC)c1ccccn1.